The molecular formula is C15H24FN3. The van der Waals surface area contributed by atoms with Gasteiger partial charge >= 0.3 is 0 Å². The Bertz CT molecular complexity index is 371. The van der Waals surface area contributed by atoms with Gasteiger partial charge in [0.15, 0.2) is 0 Å². The molecule has 106 valence electrons. The van der Waals surface area contributed by atoms with Gasteiger partial charge in [0.2, 0.25) is 0 Å². The Morgan fingerprint density at radius 1 is 1.16 bits per heavy atom. The summed E-state index contributed by atoms with van der Waals surface area (Å²) < 4.78 is 12.9. The maximum atomic E-state index is 12.9. The Hall–Kier alpha value is -1.13. The van der Waals surface area contributed by atoms with E-state index in [9.17, 15) is 4.39 Å². The number of halogens is 1. The van der Waals surface area contributed by atoms with Gasteiger partial charge in [-0.25, -0.2) is 4.39 Å². The molecule has 3 nitrogen and oxygen atoms in total. The molecule has 0 amide bonds. The summed E-state index contributed by atoms with van der Waals surface area (Å²) in [6.07, 6.45) is 2.27. The van der Waals surface area contributed by atoms with E-state index in [2.05, 4.69) is 16.7 Å². The molecule has 0 saturated carbocycles. The third-order valence-corrected chi connectivity index (χ3v) is 3.96. The van der Waals surface area contributed by atoms with E-state index in [1.165, 1.54) is 18.6 Å². The van der Waals surface area contributed by atoms with Crippen LogP contribution in [0.4, 0.5) is 10.1 Å². The Kier molecular flexibility index (Phi) is 5.16. The summed E-state index contributed by atoms with van der Waals surface area (Å²) in [6, 6.07) is 7.40. The van der Waals surface area contributed by atoms with Crippen molar-refractivity contribution in [3.8, 4) is 0 Å². The summed E-state index contributed by atoms with van der Waals surface area (Å²) in [4.78, 5) is 4.85. The third-order valence-electron chi connectivity index (χ3n) is 3.96. The Morgan fingerprint density at radius 2 is 1.79 bits per heavy atom. The molecule has 1 aliphatic heterocycles. The molecule has 4 heteroatoms. The number of piperazine rings is 1. The fourth-order valence-corrected chi connectivity index (χ4v) is 2.67. The quantitative estimate of drug-likeness (QED) is 0.884. The molecule has 2 rings (SSSR count). The molecule has 19 heavy (non-hydrogen) atoms. The van der Waals surface area contributed by atoms with Crippen LogP contribution in [0, 0.1) is 5.82 Å². The molecule has 0 bridgehead atoms. The maximum absolute atomic E-state index is 12.9. The maximum Gasteiger partial charge on any atom is 0.123 e. The highest BCUT2D eigenvalue weighted by Gasteiger charge is 2.20. The number of rotatable bonds is 5. The number of anilines is 1. The molecule has 1 unspecified atom stereocenters. The summed E-state index contributed by atoms with van der Waals surface area (Å²) in [7, 11) is 0. The molecule has 0 spiro atoms. The summed E-state index contributed by atoms with van der Waals surface area (Å²) in [5, 5.41) is 0. The fraction of sp³-hybridized carbons (Fsp3) is 0.600. The van der Waals surface area contributed by atoms with E-state index in [0.29, 0.717) is 6.04 Å². The molecule has 2 N–H and O–H groups in total. The number of nitrogens with zero attached hydrogens (tertiary/aromatic N) is 2. The topological polar surface area (TPSA) is 32.5 Å². The molecule has 1 saturated heterocycles. The normalized spacial score (nSPS) is 18.6. The average Bonchev–Trinajstić information content (AvgIpc) is 2.46. The van der Waals surface area contributed by atoms with Crippen LogP contribution in [0.2, 0.25) is 0 Å². The van der Waals surface area contributed by atoms with Gasteiger partial charge in [0, 0.05) is 37.9 Å². The highest BCUT2D eigenvalue weighted by atomic mass is 19.1. The summed E-state index contributed by atoms with van der Waals surface area (Å²) >= 11 is 0. The zero-order valence-electron chi connectivity index (χ0n) is 11.7. The third kappa shape index (κ3) is 3.91. The first-order valence-electron chi connectivity index (χ1n) is 7.15. The number of hydrogen-bond acceptors (Lipinski definition) is 3. The molecule has 0 aromatic heterocycles. The summed E-state index contributed by atoms with van der Waals surface area (Å²) in [5.41, 5.74) is 6.68. The van der Waals surface area contributed by atoms with E-state index in [-0.39, 0.29) is 5.82 Å². The van der Waals surface area contributed by atoms with Crippen LogP contribution < -0.4 is 10.6 Å². The number of hydrogen-bond donors (Lipinski definition) is 1. The van der Waals surface area contributed by atoms with Crippen molar-refractivity contribution in [2.24, 2.45) is 5.73 Å². The first-order valence-corrected chi connectivity index (χ1v) is 7.15. The van der Waals surface area contributed by atoms with Gasteiger partial charge in [-0.3, -0.25) is 4.90 Å². The molecule has 0 aliphatic carbocycles. The molecular weight excluding hydrogens is 241 g/mol. The smallest absolute Gasteiger partial charge is 0.123 e. The second-order valence-electron chi connectivity index (χ2n) is 5.28. The van der Waals surface area contributed by atoms with Crippen molar-refractivity contribution >= 4 is 5.69 Å². The summed E-state index contributed by atoms with van der Waals surface area (Å²) in [6.45, 7) is 7.23. The van der Waals surface area contributed by atoms with Crippen molar-refractivity contribution in [2.75, 3.05) is 37.6 Å². The fourth-order valence-electron chi connectivity index (χ4n) is 2.67. The van der Waals surface area contributed by atoms with Crippen LogP contribution in [0.1, 0.15) is 19.8 Å². The van der Waals surface area contributed by atoms with Crippen molar-refractivity contribution in [3.05, 3.63) is 30.1 Å². The van der Waals surface area contributed by atoms with Gasteiger partial charge in [-0.05, 0) is 50.6 Å². The number of benzene rings is 1. The zero-order valence-corrected chi connectivity index (χ0v) is 11.7. The molecule has 1 aliphatic rings. The monoisotopic (exact) mass is 265 g/mol. The predicted molar refractivity (Wildman–Crippen MR) is 77.9 cm³/mol. The van der Waals surface area contributed by atoms with Crippen LogP contribution in [0.5, 0.6) is 0 Å². The van der Waals surface area contributed by atoms with E-state index < -0.39 is 0 Å². The van der Waals surface area contributed by atoms with Gasteiger partial charge in [0.05, 0.1) is 0 Å². The Morgan fingerprint density at radius 3 is 2.37 bits per heavy atom. The first kappa shape index (κ1) is 14.3. The van der Waals surface area contributed by atoms with Crippen LogP contribution in [0.3, 0.4) is 0 Å². The van der Waals surface area contributed by atoms with Crippen LogP contribution >= 0.6 is 0 Å². The average molecular weight is 265 g/mol. The second kappa shape index (κ2) is 6.87. The van der Waals surface area contributed by atoms with Crippen LogP contribution in [-0.4, -0.2) is 43.7 Å². The lowest BCUT2D eigenvalue weighted by Crippen LogP contribution is -2.49. The van der Waals surface area contributed by atoms with E-state index in [0.717, 1.165) is 44.8 Å². The standard InChI is InChI=1S/C15H24FN3/c1-13(3-2-8-17)18-9-11-19(12-10-18)15-6-4-14(16)5-7-15/h4-7,13H,2-3,8-12,17H2,1H3. The van der Waals surface area contributed by atoms with E-state index in [4.69, 9.17) is 5.73 Å². The molecule has 1 atom stereocenters. The highest BCUT2D eigenvalue weighted by molar-refractivity contribution is 5.46. The van der Waals surface area contributed by atoms with Crippen molar-refractivity contribution in [1.29, 1.82) is 0 Å². The highest BCUT2D eigenvalue weighted by Crippen LogP contribution is 2.18. The first-order chi connectivity index (χ1) is 9.20. The largest absolute Gasteiger partial charge is 0.369 e. The molecule has 1 aromatic carbocycles. The Labute approximate surface area is 115 Å². The van der Waals surface area contributed by atoms with E-state index >= 15 is 0 Å². The van der Waals surface area contributed by atoms with Crippen molar-refractivity contribution in [3.63, 3.8) is 0 Å². The molecule has 1 heterocycles. The van der Waals surface area contributed by atoms with Gasteiger partial charge < -0.3 is 10.6 Å². The molecule has 0 radical (unpaired) electrons. The Balaban J connectivity index is 1.83. The predicted octanol–water partition coefficient (Wildman–Crippen LogP) is 2.08. The van der Waals surface area contributed by atoms with Crippen LogP contribution in [-0.2, 0) is 0 Å². The van der Waals surface area contributed by atoms with Gasteiger partial charge in [-0.2, -0.15) is 0 Å². The van der Waals surface area contributed by atoms with Gasteiger partial charge in [-0.1, -0.05) is 0 Å². The minimum absolute atomic E-state index is 0.169. The number of nitrogens with two attached hydrogens (primary N) is 1. The van der Waals surface area contributed by atoms with E-state index in [1.54, 1.807) is 0 Å². The lowest BCUT2D eigenvalue weighted by molar-refractivity contribution is 0.187. The van der Waals surface area contributed by atoms with Crippen LogP contribution in [0.25, 0.3) is 0 Å². The second-order valence-corrected chi connectivity index (χ2v) is 5.28. The minimum Gasteiger partial charge on any atom is -0.369 e. The lowest BCUT2D eigenvalue weighted by Gasteiger charge is -2.39. The van der Waals surface area contributed by atoms with Gasteiger partial charge in [0.1, 0.15) is 5.82 Å². The SMILES string of the molecule is CC(CCCN)N1CCN(c2ccc(F)cc2)CC1. The van der Waals surface area contributed by atoms with Gasteiger partial charge in [-0.15, -0.1) is 0 Å². The van der Waals surface area contributed by atoms with Crippen molar-refractivity contribution in [1.82, 2.24) is 4.90 Å². The van der Waals surface area contributed by atoms with Crippen molar-refractivity contribution in [2.45, 2.75) is 25.8 Å². The lowest BCUT2D eigenvalue weighted by atomic mass is 10.1. The summed E-state index contributed by atoms with van der Waals surface area (Å²) in [5.74, 6) is -0.169. The van der Waals surface area contributed by atoms with Gasteiger partial charge in [0.25, 0.3) is 0 Å². The van der Waals surface area contributed by atoms with Crippen molar-refractivity contribution < 1.29 is 4.39 Å². The molecule has 1 fully saturated rings. The van der Waals surface area contributed by atoms with E-state index in [1.807, 2.05) is 12.1 Å². The minimum atomic E-state index is -0.169. The zero-order chi connectivity index (χ0) is 13.7. The molecule has 1 aromatic rings. The van der Waals surface area contributed by atoms with Crippen LogP contribution in [0.15, 0.2) is 24.3 Å².